The van der Waals surface area contributed by atoms with E-state index >= 15 is 0 Å². The van der Waals surface area contributed by atoms with E-state index in [0.29, 0.717) is 5.92 Å². The Labute approximate surface area is 158 Å². The smallest absolute Gasteiger partial charge is 0.123 e. The molecule has 0 N–H and O–H groups in total. The van der Waals surface area contributed by atoms with E-state index in [1.807, 2.05) is 23.6 Å². The molecule has 0 spiro atoms. The van der Waals surface area contributed by atoms with E-state index < -0.39 is 0 Å². The minimum Gasteiger partial charge on any atom is -0.242 e. The molecular formula is C21H24FNS2. The Hall–Kier alpha value is -1.52. The van der Waals surface area contributed by atoms with Gasteiger partial charge >= 0.3 is 0 Å². The molecule has 0 saturated heterocycles. The van der Waals surface area contributed by atoms with Crippen LogP contribution in [0.25, 0.3) is 0 Å². The Morgan fingerprint density at radius 2 is 1.76 bits per heavy atom. The number of aliphatic imine (C=N–C) groups is 1. The average molecular weight is 374 g/mol. The quantitative estimate of drug-likeness (QED) is 0.288. The minimum absolute atomic E-state index is 0.209. The second-order valence-corrected chi connectivity index (χ2v) is 8.29. The van der Waals surface area contributed by atoms with Gasteiger partial charge in [0.25, 0.3) is 0 Å². The Morgan fingerprint density at radius 1 is 1.08 bits per heavy atom. The van der Waals surface area contributed by atoms with Crippen LogP contribution in [0.3, 0.4) is 0 Å². The first-order valence-electron chi connectivity index (χ1n) is 8.40. The first-order valence-corrected chi connectivity index (χ1v) is 10.3. The molecule has 0 unspecified atom stereocenters. The van der Waals surface area contributed by atoms with E-state index in [0.717, 1.165) is 27.8 Å². The lowest BCUT2D eigenvalue weighted by Crippen LogP contribution is -1.94. The van der Waals surface area contributed by atoms with E-state index in [-0.39, 0.29) is 5.82 Å². The fraction of sp³-hybridized carbons (Fsp3) is 0.286. The van der Waals surface area contributed by atoms with Crippen molar-refractivity contribution in [1.82, 2.24) is 0 Å². The maximum Gasteiger partial charge on any atom is 0.123 e. The number of rotatable bonds is 7. The zero-order chi connectivity index (χ0) is 18.1. The van der Waals surface area contributed by atoms with Gasteiger partial charge in [0, 0.05) is 4.90 Å². The molecule has 0 heterocycles. The first-order chi connectivity index (χ1) is 12.0. The number of halogens is 1. The lowest BCUT2D eigenvalue weighted by molar-refractivity contribution is 0.626. The number of hydrogen-bond acceptors (Lipinski definition) is 3. The number of aryl methyl sites for hydroxylation is 1. The zero-order valence-corrected chi connectivity index (χ0v) is 16.5. The molecule has 1 nitrogen and oxygen atoms in total. The summed E-state index contributed by atoms with van der Waals surface area (Å²) in [6.07, 6.45) is 3.20. The van der Waals surface area contributed by atoms with Crippen LogP contribution in [0.15, 0.2) is 69.9 Å². The second kappa shape index (κ2) is 10.5. The van der Waals surface area contributed by atoms with Crippen LogP contribution in [-0.2, 0) is 0 Å². The third kappa shape index (κ3) is 7.93. The van der Waals surface area contributed by atoms with E-state index in [2.05, 4.69) is 32.9 Å². The van der Waals surface area contributed by atoms with E-state index in [4.69, 9.17) is 4.99 Å². The molecule has 2 aromatic carbocycles. The molecule has 2 rings (SSSR count). The highest BCUT2D eigenvalue weighted by molar-refractivity contribution is 8.14. The van der Waals surface area contributed by atoms with Crippen LogP contribution in [-0.4, -0.2) is 10.8 Å². The topological polar surface area (TPSA) is 12.4 Å². The maximum absolute atomic E-state index is 13.0. The third-order valence-corrected chi connectivity index (χ3v) is 5.23. The van der Waals surface area contributed by atoms with Crippen molar-refractivity contribution in [3.8, 4) is 0 Å². The average Bonchev–Trinajstić information content (AvgIpc) is 2.58. The van der Waals surface area contributed by atoms with Gasteiger partial charge in [0.15, 0.2) is 0 Å². The molecule has 0 aliphatic rings. The predicted octanol–water partition coefficient (Wildman–Crippen LogP) is 7.25. The summed E-state index contributed by atoms with van der Waals surface area (Å²) < 4.78 is 13.0. The lowest BCUT2D eigenvalue weighted by Gasteiger charge is -2.05. The van der Waals surface area contributed by atoms with Gasteiger partial charge in [-0.15, -0.1) is 11.8 Å². The highest BCUT2D eigenvalue weighted by Crippen LogP contribution is 2.22. The van der Waals surface area contributed by atoms with Crippen LogP contribution in [0.1, 0.15) is 25.8 Å². The monoisotopic (exact) mass is 373 g/mol. The van der Waals surface area contributed by atoms with E-state index in [1.165, 1.54) is 17.7 Å². The van der Waals surface area contributed by atoms with Crippen LogP contribution in [0.2, 0.25) is 0 Å². The molecule has 0 aliphatic carbocycles. The van der Waals surface area contributed by atoms with Crippen molar-refractivity contribution in [1.29, 1.82) is 0 Å². The van der Waals surface area contributed by atoms with Crippen LogP contribution >= 0.6 is 23.5 Å². The van der Waals surface area contributed by atoms with Crippen molar-refractivity contribution >= 4 is 34.3 Å². The molecule has 0 aromatic heterocycles. The molecule has 0 amide bonds. The number of nitrogens with zero attached hydrogens (tertiary/aromatic N) is 1. The number of benzene rings is 2. The summed E-state index contributed by atoms with van der Waals surface area (Å²) in [5.41, 5.74) is 2.20. The Balaban J connectivity index is 2.05. The molecule has 0 fully saturated rings. The van der Waals surface area contributed by atoms with E-state index in [1.54, 1.807) is 35.7 Å². The lowest BCUT2D eigenvalue weighted by atomic mass is 10.2. The Kier molecular flexibility index (Phi) is 8.29. The van der Waals surface area contributed by atoms with Crippen molar-refractivity contribution in [2.45, 2.75) is 32.1 Å². The Bertz CT molecular complexity index is 704. The Morgan fingerprint density at radius 3 is 2.40 bits per heavy atom. The molecule has 2 aromatic rings. The van der Waals surface area contributed by atoms with Crippen molar-refractivity contribution in [2.24, 2.45) is 10.9 Å². The number of thioether (sulfide) groups is 2. The largest absolute Gasteiger partial charge is 0.242 e. The summed E-state index contributed by atoms with van der Waals surface area (Å²) >= 11 is 3.35. The van der Waals surface area contributed by atoms with Gasteiger partial charge in [-0.3, -0.25) is 0 Å². The molecular weight excluding hydrogens is 349 g/mol. The summed E-state index contributed by atoms with van der Waals surface area (Å²) in [5.74, 6) is 1.53. The van der Waals surface area contributed by atoms with Gasteiger partial charge in [0.2, 0.25) is 0 Å². The van der Waals surface area contributed by atoms with Crippen molar-refractivity contribution in [3.05, 3.63) is 71.4 Å². The minimum atomic E-state index is -0.209. The second-order valence-electron chi connectivity index (χ2n) is 6.19. The first kappa shape index (κ1) is 19.8. The number of hydrogen-bond donors (Lipinski definition) is 0. The van der Waals surface area contributed by atoms with Gasteiger partial charge in [-0.2, -0.15) is 0 Å². The molecule has 0 atom stereocenters. The van der Waals surface area contributed by atoms with Crippen molar-refractivity contribution in [2.75, 3.05) is 5.75 Å². The third-order valence-electron chi connectivity index (χ3n) is 3.45. The zero-order valence-electron chi connectivity index (χ0n) is 14.9. The van der Waals surface area contributed by atoms with Gasteiger partial charge in [-0.25, -0.2) is 9.38 Å². The summed E-state index contributed by atoms with van der Waals surface area (Å²) in [6, 6.07) is 14.8. The van der Waals surface area contributed by atoms with Crippen LogP contribution in [0.5, 0.6) is 0 Å². The standard InChI is InChI=1S/C21H24FNS2/c1-16(2)12-14-25-21(23-19-8-4-17(3)5-9-19)13-15-24-20-10-6-18(22)7-11-20/h4-11,13,15-16H,12,14H2,1-3H3. The molecule has 4 heteroatoms. The van der Waals surface area contributed by atoms with Gasteiger partial charge in [0.05, 0.1) is 10.7 Å². The summed E-state index contributed by atoms with van der Waals surface area (Å²) in [5, 5.41) is 3.02. The summed E-state index contributed by atoms with van der Waals surface area (Å²) in [6.45, 7) is 6.54. The summed E-state index contributed by atoms with van der Waals surface area (Å²) in [7, 11) is 0. The van der Waals surface area contributed by atoms with Gasteiger partial charge in [-0.05, 0) is 72.9 Å². The normalized spacial score (nSPS) is 12.3. The highest BCUT2D eigenvalue weighted by atomic mass is 32.2. The fourth-order valence-corrected chi connectivity index (χ4v) is 3.81. The van der Waals surface area contributed by atoms with Crippen molar-refractivity contribution in [3.63, 3.8) is 0 Å². The SMILES string of the molecule is Cc1ccc(N=C(C=CSc2ccc(F)cc2)SCCC(C)C)cc1. The van der Waals surface area contributed by atoms with Crippen LogP contribution in [0, 0.1) is 18.7 Å². The molecule has 0 radical (unpaired) electrons. The van der Waals surface area contributed by atoms with Crippen molar-refractivity contribution < 1.29 is 4.39 Å². The van der Waals surface area contributed by atoms with Gasteiger partial charge in [0.1, 0.15) is 5.82 Å². The summed E-state index contributed by atoms with van der Waals surface area (Å²) in [4.78, 5) is 5.77. The molecule has 0 bridgehead atoms. The highest BCUT2D eigenvalue weighted by Gasteiger charge is 2.01. The van der Waals surface area contributed by atoms with Gasteiger partial charge in [-0.1, -0.05) is 43.3 Å². The predicted molar refractivity (Wildman–Crippen MR) is 112 cm³/mol. The van der Waals surface area contributed by atoms with E-state index in [9.17, 15) is 4.39 Å². The van der Waals surface area contributed by atoms with Gasteiger partial charge < -0.3 is 0 Å². The molecule has 0 saturated carbocycles. The van der Waals surface area contributed by atoms with Crippen LogP contribution in [0.4, 0.5) is 10.1 Å². The van der Waals surface area contributed by atoms with Crippen LogP contribution < -0.4 is 0 Å². The molecule has 132 valence electrons. The molecule has 0 aliphatic heterocycles. The fourth-order valence-electron chi connectivity index (χ4n) is 1.95. The molecule has 25 heavy (non-hydrogen) atoms. The maximum atomic E-state index is 13.0.